The number of carbonyl (C=O) groups excluding carboxylic acids is 1. The lowest BCUT2D eigenvalue weighted by Gasteiger charge is -2.14. The van der Waals surface area contributed by atoms with Crippen LogP contribution in [0.1, 0.15) is 16.7 Å². The number of non-ortho nitro benzene ring substituents is 1. The summed E-state index contributed by atoms with van der Waals surface area (Å²) >= 11 is 0. The zero-order valence-electron chi connectivity index (χ0n) is 14.0. The number of nitro groups is 1. The van der Waals surface area contributed by atoms with Gasteiger partial charge in [-0.3, -0.25) is 25.8 Å². The molecule has 0 spiro atoms. The lowest BCUT2D eigenvalue weighted by Crippen LogP contribution is -2.39. The number of hydrogen-bond donors (Lipinski definition) is 2. The van der Waals surface area contributed by atoms with Crippen molar-refractivity contribution in [3.8, 4) is 5.75 Å². The molecule has 2 rings (SSSR count). The van der Waals surface area contributed by atoms with Gasteiger partial charge in [-0.05, 0) is 25.0 Å². The van der Waals surface area contributed by atoms with E-state index in [0.717, 1.165) is 11.1 Å². The summed E-state index contributed by atoms with van der Waals surface area (Å²) in [6.07, 6.45) is 0. The third-order valence-electron chi connectivity index (χ3n) is 3.51. The smallest absolute Gasteiger partial charge is 0.276 e. The zero-order valence-corrected chi connectivity index (χ0v) is 14.0. The molecule has 0 aliphatic carbocycles. The molecule has 0 radical (unpaired) electrons. The second-order valence-electron chi connectivity index (χ2n) is 5.47. The van der Waals surface area contributed by atoms with E-state index in [2.05, 4.69) is 17.4 Å². The number of carbonyl (C=O) groups is 1. The fourth-order valence-electron chi connectivity index (χ4n) is 2.23. The molecular formula is C18H19N3O4. The largest absolute Gasteiger partial charge is 0.483 e. The van der Waals surface area contributed by atoms with E-state index >= 15 is 0 Å². The van der Waals surface area contributed by atoms with Gasteiger partial charge in [0.1, 0.15) is 5.75 Å². The summed E-state index contributed by atoms with van der Waals surface area (Å²) in [6.45, 7) is 7.40. The zero-order chi connectivity index (χ0) is 18.4. The van der Waals surface area contributed by atoms with Crippen molar-refractivity contribution in [1.29, 1.82) is 0 Å². The van der Waals surface area contributed by atoms with Crippen LogP contribution in [0.4, 0.5) is 5.69 Å². The van der Waals surface area contributed by atoms with E-state index in [9.17, 15) is 14.9 Å². The standard InChI is InChI=1S/C18H19N3O4/c1-12-6-4-7-13(2)18(12)25-11-17(22)20-19-14(3)15-8-5-9-16(10-15)21(23)24/h4-10,19H,3,11H2,1-2H3,(H,20,22). The Hall–Kier alpha value is -3.35. The number of nitrogens with zero attached hydrogens (tertiary/aromatic N) is 1. The SMILES string of the molecule is C=C(NNC(=O)COc1c(C)cccc1C)c1cccc([N+](=O)[O-])c1. The summed E-state index contributed by atoms with van der Waals surface area (Å²) in [5.74, 6) is 0.282. The van der Waals surface area contributed by atoms with Gasteiger partial charge >= 0.3 is 0 Å². The first-order valence-corrected chi connectivity index (χ1v) is 7.56. The number of rotatable bonds is 7. The number of nitrogens with one attached hydrogen (secondary N) is 2. The molecule has 0 fully saturated rings. The maximum absolute atomic E-state index is 11.9. The van der Waals surface area contributed by atoms with Crippen LogP contribution in [0.15, 0.2) is 49.0 Å². The third kappa shape index (κ3) is 4.81. The highest BCUT2D eigenvalue weighted by Crippen LogP contribution is 2.22. The Morgan fingerprint density at radius 1 is 1.16 bits per heavy atom. The molecule has 2 aromatic rings. The molecule has 7 nitrogen and oxygen atoms in total. The molecule has 0 aromatic heterocycles. The molecule has 1 amide bonds. The lowest BCUT2D eigenvalue weighted by atomic mass is 10.1. The van der Waals surface area contributed by atoms with Gasteiger partial charge in [0.25, 0.3) is 11.6 Å². The molecule has 0 aliphatic heterocycles. The molecular weight excluding hydrogens is 322 g/mol. The molecule has 2 N–H and O–H groups in total. The van der Waals surface area contributed by atoms with Gasteiger partial charge in [-0.1, -0.05) is 36.9 Å². The van der Waals surface area contributed by atoms with E-state index in [0.29, 0.717) is 17.0 Å². The molecule has 25 heavy (non-hydrogen) atoms. The summed E-state index contributed by atoms with van der Waals surface area (Å²) in [5.41, 5.74) is 7.77. The highest BCUT2D eigenvalue weighted by atomic mass is 16.6. The fraction of sp³-hybridized carbons (Fsp3) is 0.167. The summed E-state index contributed by atoms with van der Waals surface area (Å²) in [6, 6.07) is 11.7. The van der Waals surface area contributed by atoms with Gasteiger partial charge in [-0.15, -0.1) is 0 Å². The maximum atomic E-state index is 11.9. The Morgan fingerprint density at radius 3 is 2.44 bits per heavy atom. The monoisotopic (exact) mass is 341 g/mol. The second kappa shape index (κ2) is 7.96. The van der Waals surface area contributed by atoms with E-state index in [1.807, 2.05) is 32.0 Å². The summed E-state index contributed by atoms with van der Waals surface area (Å²) in [5, 5.41) is 10.8. The highest BCUT2D eigenvalue weighted by molar-refractivity contribution is 5.78. The van der Waals surface area contributed by atoms with E-state index in [-0.39, 0.29) is 12.3 Å². The van der Waals surface area contributed by atoms with Crippen LogP contribution in [0.2, 0.25) is 0 Å². The summed E-state index contributed by atoms with van der Waals surface area (Å²) < 4.78 is 5.55. The van der Waals surface area contributed by atoms with Crippen molar-refractivity contribution < 1.29 is 14.5 Å². The predicted octanol–water partition coefficient (Wildman–Crippen LogP) is 2.88. The van der Waals surface area contributed by atoms with Crippen molar-refractivity contribution in [3.05, 3.63) is 75.8 Å². The van der Waals surface area contributed by atoms with Crippen LogP contribution in [0.5, 0.6) is 5.75 Å². The number of ether oxygens (including phenoxy) is 1. The van der Waals surface area contributed by atoms with E-state index in [1.165, 1.54) is 12.1 Å². The van der Waals surface area contributed by atoms with Crippen LogP contribution in [0.25, 0.3) is 5.70 Å². The van der Waals surface area contributed by atoms with Crippen LogP contribution < -0.4 is 15.6 Å². The number of hydrazine groups is 1. The molecule has 0 aliphatic rings. The molecule has 0 saturated carbocycles. The van der Waals surface area contributed by atoms with Crippen LogP contribution in [-0.4, -0.2) is 17.4 Å². The molecule has 2 aromatic carbocycles. The van der Waals surface area contributed by atoms with Gasteiger partial charge in [0.2, 0.25) is 0 Å². The fourth-order valence-corrected chi connectivity index (χ4v) is 2.23. The van der Waals surface area contributed by atoms with Crippen LogP contribution >= 0.6 is 0 Å². The Balaban J connectivity index is 1.88. The Labute approximate surface area is 145 Å². The van der Waals surface area contributed by atoms with Gasteiger partial charge in [-0.2, -0.15) is 0 Å². The number of benzene rings is 2. The van der Waals surface area contributed by atoms with Crippen molar-refractivity contribution >= 4 is 17.3 Å². The highest BCUT2D eigenvalue weighted by Gasteiger charge is 2.10. The van der Waals surface area contributed by atoms with Crippen LogP contribution in [0.3, 0.4) is 0 Å². The molecule has 0 saturated heterocycles. The molecule has 0 unspecified atom stereocenters. The quantitative estimate of drug-likeness (QED) is 0.596. The Bertz CT molecular complexity index is 797. The lowest BCUT2D eigenvalue weighted by molar-refractivity contribution is -0.384. The molecule has 7 heteroatoms. The molecule has 0 bridgehead atoms. The number of hydrogen-bond acceptors (Lipinski definition) is 5. The summed E-state index contributed by atoms with van der Waals surface area (Å²) in [7, 11) is 0. The molecule has 0 heterocycles. The topological polar surface area (TPSA) is 93.5 Å². The minimum absolute atomic E-state index is 0.0508. The van der Waals surface area contributed by atoms with Crippen molar-refractivity contribution in [2.24, 2.45) is 0 Å². The number of amides is 1. The first-order chi connectivity index (χ1) is 11.9. The third-order valence-corrected chi connectivity index (χ3v) is 3.51. The Kier molecular flexibility index (Phi) is 5.73. The maximum Gasteiger partial charge on any atom is 0.276 e. The average Bonchev–Trinajstić information content (AvgIpc) is 2.59. The molecule has 130 valence electrons. The summed E-state index contributed by atoms with van der Waals surface area (Å²) in [4.78, 5) is 22.2. The van der Waals surface area contributed by atoms with E-state index in [1.54, 1.807) is 12.1 Å². The Morgan fingerprint density at radius 2 is 1.80 bits per heavy atom. The van der Waals surface area contributed by atoms with Crippen LogP contribution in [-0.2, 0) is 4.79 Å². The van der Waals surface area contributed by atoms with Gasteiger partial charge in [-0.25, -0.2) is 0 Å². The van der Waals surface area contributed by atoms with Crippen LogP contribution in [0, 0.1) is 24.0 Å². The first-order valence-electron chi connectivity index (χ1n) is 7.56. The van der Waals surface area contributed by atoms with Gasteiger partial charge in [0.15, 0.2) is 6.61 Å². The normalized spacial score (nSPS) is 10.0. The van der Waals surface area contributed by atoms with Crippen molar-refractivity contribution in [3.63, 3.8) is 0 Å². The minimum Gasteiger partial charge on any atom is -0.483 e. The second-order valence-corrected chi connectivity index (χ2v) is 5.47. The van der Waals surface area contributed by atoms with Gasteiger partial charge in [0, 0.05) is 17.7 Å². The first kappa shape index (κ1) is 18.0. The number of aryl methyl sites for hydroxylation is 2. The van der Waals surface area contributed by atoms with Gasteiger partial charge < -0.3 is 4.74 Å². The van der Waals surface area contributed by atoms with Crippen molar-refractivity contribution in [2.45, 2.75) is 13.8 Å². The number of nitro benzene ring substituents is 1. The van der Waals surface area contributed by atoms with E-state index < -0.39 is 10.8 Å². The average molecular weight is 341 g/mol. The minimum atomic E-state index is -0.492. The van der Waals surface area contributed by atoms with Gasteiger partial charge in [0.05, 0.1) is 10.6 Å². The number of para-hydroxylation sites is 1. The van der Waals surface area contributed by atoms with Crippen molar-refractivity contribution in [2.75, 3.05) is 6.61 Å². The van der Waals surface area contributed by atoms with Crippen molar-refractivity contribution in [1.82, 2.24) is 10.9 Å². The molecule has 0 atom stereocenters. The van der Waals surface area contributed by atoms with E-state index in [4.69, 9.17) is 4.74 Å². The predicted molar refractivity (Wildman–Crippen MR) is 94.8 cm³/mol.